The van der Waals surface area contributed by atoms with E-state index in [1.165, 1.54) is 18.2 Å². The second-order valence-corrected chi connectivity index (χ2v) is 5.13. The van der Waals surface area contributed by atoms with Gasteiger partial charge in [0, 0.05) is 35.1 Å². The Bertz CT molecular complexity index is 481. The van der Waals surface area contributed by atoms with Gasteiger partial charge in [-0.2, -0.15) is 0 Å². The zero-order chi connectivity index (χ0) is 15.0. The summed E-state index contributed by atoms with van der Waals surface area (Å²) in [6.45, 7) is 0.529. The number of nitro groups is 1. The molecule has 5 nitrogen and oxygen atoms in total. The highest BCUT2D eigenvalue weighted by Gasteiger charge is 2.13. The van der Waals surface area contributed by atoms with Crippen LogP contribution in [0.3, 0.4) is 0 Å². The Morgan fingerprint density at radius 3 is 2.55 bits per heavy atom. The summed E-state index contributed by atoms with van der Waals surface area (Å²) in [4.78, 5) is 22.0. The first kappa shape index (κ1) is 16.7. The topological polar surface area (TPSA) is 72.2 Å². The van der Waals surface area contributed by atoms with Gasteiger partial charge in [0.05, 0.1) is 4.92 Å². The maximum Gasteiger partial charge on any atom is 0.271 e. The Morgan fingerprint density at radius 2 is 1.90 bits per heavy atom. The van der Waals surface area contributed by atoms with Crippen LogP contribution in [0.2, 0.25) is 5.02 Å². The number of alkyl halides is 1. The lowest BCUT2D eigenvalue weighted by atomic mass is 10.1. The van der Waals surface area contributed by atoms with Crippen LogP contribution in [0.4, 0.5) is 5.69 Å². The summed E-state index contributed by atoms with van der Waals surface area (Å²) in [5.74, 6) is 0.298. The van der Waals surface area contributed by atoms with E-state index in [0.717, 1.165) is 25.7 Å². The number of nitro benzene ring substituents is 1. The molecule has 1 rings (SSSR count). The molecule has 0 unspecified atom stereocenters. The lowest BCUT2D eigenvalue weighted by molar-refractivity contribution is -0.384. The van der Waals surface area contributed by atoms with Crippen LogP contribution in [0.1, 0.15) is 36.0 Å². The molecular weight excluding hydrogens is 303 g/mol. The molecule has 110 valence electrons. The van der Waals surface area contributed by atoms with Crippen molar-refractivity contribution >= 4 is 34.8 Å². The summed E-state index contributed by atoms with van der Waals surface area (Å²) in [6, 6.07) is 3.84. The molecule has 0 aliphatic heterocycles. The van der Waals surface area contributed by atoms with E-state index < -0.39 is 4.92 Å². The van der Waals surface area contributed by atoms with Crippen molar-refractivity contribution in [1.82, 2.24) is 5.32 Å². The minimum absolute atomic E-state index is 0.173. The number of carbonyl (C=O) groups is 1. The SMILES string of the molecule is O=C(NCCCCCCCl)c1cc(Cl)cc([N+](=O)[O-])c1. The number of carbonyl (C=O) groups excluding carboxylic acids is 1. The monoisotopic (exact) mass is 318 g/mol. The lowest BCUT2D eigenvalue weighted by Gasteiger charge is -2.05. The summed E-state index contributed by atoms with van der Waals surface area (Å²) in [7, 11) is 0. The first-order valence-corrected chi connectivity index (χ1v) is 7.25. The lowest BCUT2D eigenvalue weighted by Crippen LogP contribution is -2.24. The molecule has 1 aromatic carbocycles. The van der Waals surface area contributed by atoms with Gasteiger partial charge >= 0.3 is 0 Å². The number of nitrogens with zero attached hydrogens (tertiary/aromatic N) is 1. The van der Waals surface area contributed by atoms with Gasteiger partial charge in [-0.15, -0.1) is 11.6 Å². The second kappa shape index (κ2) is 8.76. The zero-order valence-corrected chi connectivity index (χ0v) is 12.4. The molecule has 0 heterocycles. The van der Waals surface area contributed by atoms with E-state index in [1.807, 2.05) is 0 Å². The number of benzene rings is 1. The predicted molar refractivity (Wildman–Crippen MR) is 79.6 cm³/mol. The maximum absolute atomic E-state index is 11.8. The van der Waals surface area contributed by atoms with Gasteiger partial charge in [0.15, 0.2) is 0 Å². The van der Waals surface area contributed by atoms with Crippen LogP contribution in [0, 0.1) is 10.1 Å². The van der Waals surface area contributed by atoms with E-state index in [-0.39, 0.29) is 22.2 Å². The molecule has 0 saturated carbocycles. The fourth-order valence-electron chi connectivity index (χ4n) is 1.69. The highest BCUT2D eigenvalue weighted by Crippen LogP contribution is 2.20. The van der Waals surface area contributed by atoms with E-state index in [4.69, 9.17) is 23.2 Å². The number of unbranched alkanes of at least 4 members (excludes halogenated alkanes) is 3. The molecule has 1 amide bonds. The van der Waals surface area contributed by atoms with Gasteiger partial charge in [-0.05, 0) is 18.9 Å². The normalized spacial score (nSPS) is 10.3. The third kappa shape index (κ3) is 5.75. The van der Waals surface area contributed by atoms with Crippen LogP contribution in [-0.2, 0) is 0 Å². The molecule has 1 aromatic rings. The van der Waals surface area contributed by atoms with E-state index in [9.17, 15) is 14.9 Å². The van der Waals surface area contributed by atoms with Gasteiger partial charge in [-0.1, -0.05) is 24.4 Å². The molecule has 0 aliphatic carbocycles. The third-order valence-corrected chi connectivity index (χ3v) is 3.19. The largest absolute Gasteiger partial charge is 0.352 e. The summed E-state index contributed by atoms with van der Waals surface area (Å²) < 4.78 is 0. The molecule has 7 heteroatoms. The summed E-state index contributed by atoms with van der Waals surface area (Å²) in [6.07, 6.45) is 3.84. The minimum atomic E-state index is -0.575. The zero-order valence-electron chi connectivity index (χ0n) is 10.9. The molecule has 0 aliphatic rings. The van der Waals surface area contributed by atoms with Gasteiger partial charge in [0.1, 0.15) is 0 Å². The Labute approximate surface area is 127 Å². The van der Waals surface area contributed by atoms with Crippen molar-refractivity contribution in [2.24, 2.45) is 0 Å². The number of nitrogens with one attached hydrogen (secondary N) is 1. The molecule has 0 fully saturated rings. The molecular formula is C13H16Cl2N2O3. The molecule has 0 radical (unpaired) electrons. The smallest absolute Gasteiger partial charge is 0.271 e. The Kier molecular flexibility index (Phi) is 7.33. The summed E-state index contributed by atoms with van der Waals surface area (Å²) >= 11 is 11.3. The van der Waals surface area contributed by atoms with Gasteiger partial charge in [-0.3, -0.25) is 14.9 Å². The first-order valence-electron chi connectivity index (χ1n) is 6.33. The van der Waals surface area contributed by atoms with Crippen LogP contribution in [0.25, 0.3) is 0 Å². The molecule has 0 atom stereocenters. The molecule has 0 saturated heterocycles. The van der Waals surface area contributed by atoms with E-state index in [0.29, 0.717) is 12.4 Å². The maximum atomic E-state index is 11.8. The van der Waals surface area contributed by atoms with Crippen LogP contribution < -0.4 is 5.32 Å². The number of halogens is 2. The van der Waals surface area contributed by atoms with E-state index in [1.54, 1.807) is 0 Å². The Morgan fingerprint density at radius 1 is 1.20 bits per heavy atom. The van der Waals surface area contributed by atoms with Crippen molar-refractivity contribution < 1.29 is 9.72 Å². The fourth-order valence-corrected chi connectivity index (χ4v) is 2.11. The molecule has 0 bridgehead atoms. The van der Waals surface area contributed by atoms with E-state index >= 15 is 0 Å². The van der Waals surface area contributed by atoms with Gasteiger partial charge in [0.2, 0.25) is 0 Å². The number of amides is 1. The van der Waals surface area contributed by atoms with Crippen LogP contribution >= 0.6 is 23.2 Å². The van der Waals surface area contributed by atoms with E-state index in [2.05, 4.69) is 5.32 Å². The summed E-state index contributed by atoms with van der Waals surface area (Å²) in [5, 5.41) is 13.6. The van der Waals surface area contributed by atoms with Crippen molar-refractivity contribution in [3.63, 3.8) is 0 Å². The van der Waals surface area contributed by atoms with Gasteiger partial charge in [0.25, 0.3) is 11.6 Å². The van der Waals surface area contributed by atoms with Crippen molar-refractivity contribution in [3.05, 3.63) is 38.9 Å². The van der Waals surface area contributed by atoms with Crippen molar-refractivity contribution in [1.29, 1.82) is 0 Å². The Balaban J connectivity index is 2.49. The first-order chi connectivity index (χ1) is 9.54. The van der Waals surface area contributed by atoms with Gasteiger partial charge < -0.3 is 5.32 Å². The average Bonchev–Trinajstić information content (AvgIpc) is 2.41. The highest BCUT2D eigenvalue weighted by molar-refractivity contribution is 6.31. The molecule has 0 aromatic heterocycles. The average molecular weight is 319 g/mol. The standard InChI is InChI=1S/C13H16Cl2N2O3/c14-5-3-1-2-4-6-16-13(18)10-7-11(15)9-12(8-10)17(19)20/h7-9H,1-6H2,(H,16,18). The fraction of sp³-hybridized carbons (Fsp3) is 0.462. The molecule has 0 spiro atoms. The number of non-ortho nitro benzene ring substituents is 1. The van der Waals surface area contributed by atoms with Crippen molar-refractivity contribution in [3.8, 4) is 0 Å². The quantitative estimate of drug-likeness (QED) is 0.343. The van der Waals surface area contributed by atoms with Crippen LogP contribution in [0.15, 0.2) is 18.2 Å². The van der Waals surface area contributed by atoms with Crippen molar-refractivity contribution in [2.75, 3.05) is 12.4 Å². The number of hydrogen-bond acceptors (Lipinski definition) is 3. The molecule has 1 N–H and O–H groups in total. The minimum Gasteiger partial charge on any atom is -0.352 e. The predicted octanol–water partition coefficient (Wildman–Crippen LogP) is 3.78. The number of rotatable bonds is 8. The number of hydrogen-bond donors (Lipinski definition) is 1. The van der Waals surface area contributed by atoms with Crippen LogP contribution in [-0.4, -0.2) is 23.3 Å². The molecule has 20 heavy (non-hydrogen) atoms. The van der Waals surface area contributed by atoms with Crippen LogP contribution in [0.5, 0.6) is 0 Å². The summed E-state index contributed by atoms with van der Waals surface area (Å²) in [5.41, 5.74) is 0.00900. The highest BCUT2D eigenvalue weighted by atomic mass is 35.5. The second-order valence-electron chi connectivity index (χ2n) is 4.31. The Hall–Kier alpha value is -1.33. The van der Waals surface area contributed by atoms with Crippen molar-refractivity contribution in [2.45, 2.75) is 25.7 Å². The van der Waals surface area contributed by atoms with Gasteiger partial charge in [-0.25, -0.2) is 0 Å². The third-order valence-electron chi connectivity index (χ3n) is 2.70.